The number of carbonyl (C=O) groups is 1. The summed E-state index contributed by atoms with van der Waals surface area (Å²) in [5.41, 5.74) is 2.97. The standard InChI is InChI=1S/C27H32ClN5O4.C25H25ClN4O5.C2H7N.CH4.ClH/c1-5-13-32-25(34)23-24(31(4)27(32)35)29-26(33(23)18-19-9-11-21(28)12-10-19)37-15-14-36-22-8-6-7-20(16-22)17-30(2)3;1-3-11-29-23(32)21-22(28(2)25(29)33)27-24(30(21)15-17-7-9-19(26)10-8-17)35-13-12-34-20-6-4-5-18(14-20)16-31;1-3-2;;/h6-12,16H,5,13-15,17-18H2,1-4H3;4-10,14,16H,3,11-13,15H2,1-2H3;3H,1-2H3;1H4;1H. The second kappa shape index (κ2) is 30.0. The summed E-state index contributed by atoms with van der Waals surface area (Å²) < 4.78 is 32.1. The Bertz CT molecular complexity index is 3440. The molecular weight excluding hydrogens is 1050 g/mol. The first kappa shape index (κ1) is 62.4. The van der Waals surface area contributed by atoms with Gasteiger partial charge in [0.2, 0.25) is 0 Å². The van der Waals surface area contributed by atoms with Crippen LogP contribution < -0.4 is 46.8 Å². The van der Waals surface area contributed by atoms with Crippen LogP contribution in [0.1, 0.15) is 61.2 Å². The molecular formula is C55H69Cl3N10O9. The average Bonchev–Trinajstić information content (AvgIpc) is 3.95. The van der Waals surface area contributed by atoms with Gasteiger partial charge in [0.25, 0.3) is 23.1 Å². The molecule has 0 spiro atoms. The Morgan fingerprint density at radius 3 is 1.39 bits per heavy atom. The highest BCUT2D eigenvalue weighted by Crippen LogP contribution is 2.23. The van der Waals surface area contributed by atoms with E-state index in [4.69, 9.17) is 42.1 Å². The maximum absolute atomic E-state index is 13.4. The van der Waals surface area contributed by atoms with Crippen molar-refractivity contribution in [2.45, 2.75) is 66.8 Å². The second-order valence-corrected chi connectivity index (χ2v) is 18.5. The quantitative estimate of drug-likeness (QED) is 0.0544. The number of nitrogens with one attached hydrogen (secondary N) is 1. The molecule has 4 aromatic carbocycles. The molecule has 4 heterocycles. The van der Waals surface area contributed by atoms with Gasteiger partial charge >= 0.3 is 11.4 Å². The number of rotatable bonds is 21. The van der Waals surface area contributed by atoms with Crippen molar-refractivity contribution in [3.05, 3.63) is 171 Å². The molecule has 77 heavy (non-hydrogen) atoms. The average molecular weight is 1120 g/mol. The van der Waals surface area contributed by atoms with Gasteiger partial charge in [-0.25, -0.2) is 9.59 Å². The lowest BCUT2D eigenvalue weighted by Crippen LogP contribution is -2.39. The zero-order valence-electron chi connectivity index (χ0n) is 44.0. The fraction of sp³-hybridized carbons (Fsp3) is 0.364. The Kier molecular flexibility index (Phi) is 24.3. The third-order valence-corrected chi connectivity index (χ3v) is 11.9. The maximum atomic E-state index is 13.4. The van der Waals surface area contributed by atoms with Gasteiger partial charge in [-0.3, -0.25) is 41.8 Å². The molecule has 0 unspecified atom stereocenters. The number of carbonyl (C=O) groups excluding carboxylic acids is 1. The number of aryl methyl sites for hydroxylation is 2. The molecule has 0 aliphatic carbocycles. The van der Waals surface area contributed by atoms with E-state index in [1.54, 1.807) is 71.8 Å². The lowest BCUT2D eigenvalue weighted by molar-refractivity contribution is 0.112. The van der Waals surface area contributed by atoms with Crippen molar-refractivity contribution in [3.8, 4) is 23.5 Å². The number of hydrogen-bond donors (Lipinski definition) is 1. The highest BCUT2D eigenvalue weighted by atomic mass is 35.5. The number of aromatic nitrogens is 8. The Morgan fingerprint density at radius 2 is 0.987 bits per heavy atom. The number of fused-ring (bicyclic) bond motifs is 2. The number of hydrogen-bond acceptors (Lipinski definition) is 13. The Morgan fingerprint density at radius 1 is 0.584 bits per heavy atom. The van der Waals surface area contributed by atoms with Crippen LogP contribution in [0.4, 0.5) is 0 Å². The molecule has 8 aromatic rings. The molecule has 0 saturated heterocycles. The summed E-state index contributed by atoms with van der Waals surface area (Å²) >= 11 is 12.1. The van der Waals surface area contributed by atoms with E-state index in [0.29, 0.717) is 65.9 Å². The van der Waals surface area contributed by atoms with Crippen molar-refractivity contribution in [1.29, 1.82) is 0 Å². The number of aldehydes is 1. The molecule has 0 aliphatic rings. The van der Waals surface area contributed by atoms with Crippen molar-refractivity contribution in [3.63, 3.8) is 0 Å². The zero-order valence-corrected chi connectivity index (χ0v) is 46.3. The van der Waals surface area contributed by atoms with Crippen LogP contribution in [0.2, 0.25) is 10.0 Å². The van der Waals surface area contributed by atoms with E-state index in [9.17, 15) is 24.0 Å². The first-order valence-electron chi connectivity index (χ1n) is 24.4. The molecule has 19 nitrogen and oxygen atoms in total. The third-order valence-electron chi connectivity index (χ3n) is 11.4. The maximum Gasteiger partial charge on any atom is 0.332 e. The SMILES string of the molecule is C.CCCn1c(=O)c2c(nc(OCCOc3cccc(C=O)c3)n2Cc2ccc(Cl)cc2)n(C)c1=O.CCCn1c(=O)c2c(nc(OCCOc3cccc(CN(C)C)c3)n2Cc2ccc(Cl)cc2)n(C)c1=O.CNC.Cl. The molecule has 0 atom stereocenters. The van der Waals surface area contributed by atoms with Gasteiger partial charge in [0.05, 0.1) is 13.1 Å². The molecule has 22 heteroatoms. The normalized spacial score (nSPS) is 10.7. The van der Waals surface area contributed by atoms with Gasteiger partial charge in [-0.2, -0.15) is 9.97 Å². The van der Waals surface area contributed by atoms with Gasteiger partial charge < -0.3 is 29.2 Å². The van der Waals surface area contributed by atoms with Crippen molar-refractivity contribution < 1.29 is 23.7 Å². The molecule has 0 radical (unpaired) electrons. The van der Waals surface area contributed by atoms with Crippen LogP contribution in [-0.2, 0) is 46.8 Å². The van der Waals surface area contributed by atoms with Crippen molar-refractivity contribution in [2.24, 2.45) is 14.1 Å². The molecule has 0 aliphatic heterocycles. The molecule has 0 saturated carbocycles. The molecule has 0 fully saturated rings. The van der Waals surface area contributed by atoms with Crippen LogP contribution in [0.15, 0.2) is 116 Å². The van der Waals surface area contributed by atoms with Crippen LogP contribution in [0.3, 0.4) is 0 Å². The number of benzene rings is 4. The monoisotopic (exact) mass is 1120 g/mol. The minimum atomic E-state index is -0.426. The molecule has 0 bridgehead atoms. The van der Waals surface area contributed by atoms with E-state index in [2.05, 4.69) is 26.3 Å². The van der Waals surface area contributed by atoms with Crippen LogP contribution in [-0.4, -0.2) is 103 Å². The minimum Gasteiger partial charge on any atom is -0.490 e. The summed E-state index contributed by atoms with van der Waals surface area (Å²) in [6, 6.07) is 29.7. The number of nitrogens with zero attached hydrogens (tertiary/aromatic N) is 9. The van der Waals surface area contributed by atoms with Gasteiger partial charge in [0, 0.05) is 49.3 Å². The number of halogens is 3. The second-order valence-electron chi connectivity index (χ2n) is 17.6. The molecule has 8 rings (SSSR count). The van der Waals surface area contributed by atoms with Crippen LogP contribution >= 0.6 is 35.6 Å². The minimum absolute atomic E-state index is 0. The van der Waals surface area contributed by atoms with Crippen molar-refractivity contribution in [2.75, 3.05) is 54.6 Å². The molecule has 4 aromatic heterocycles. The van der Waals surface area contributed by atoms with E-state index >= 15 is 0 Å². The summed E-state index contributed by atoms with van der Waals surface area (Å²) in [6.45, 7) is 6.71. The van der Waals surface area contributed by atoms with E-state index in [-0.39, 0.29) is 80.7 Å². The highest BCUT2D eigenvalue weighted by Gasteiger charge is 2.23. The van der Waals surface area contributed by atoms with Crippen molar-refractivity contribution >= 4 is 64.2 Å². The molecule has 1 N–H and O–H groups in total. The summed E-state index contributed by atoms with van der Waals surface area (Å²) in [5.74, 6) is 1.29. The summed E-state index contributed by atoms with van der Waals surface area (Å²) in [7, 11) is 11.0. The van der Waals surface area contributed by atoms with Gasteiger partial charge in [0.1, 0.15) is 44.2 Å². The lowest BCUT2D eigenvalue weighted by atomic mass is 10.2. The first-order valence-corrected chi connectivity index (χ1v) is 25.2. The number of ether oxygens (including phenoxy) is 4. The predicted octanol–water partition coefficient (Wildman–Crippen LogP) is 7.70. The highest BCUT2D eigenvalue weighted by molar-refractivity contribution is 6.30. The van der Waals surface area contributed by atoms with E-state index in [1.165, 1.54) is 18.3 Å². The predicted molar refractivity (Wildman–Crippen MR) is 307 cm³/mol. The molecule has 414 valence electrons. The van der Waals surface area contributed by atoms with E-state index < -0.39 is 16.9 Å². The van der Waals surface area contributed by atoms with Crippen LogP contribution in [0, 0.1) is 0 Å². The molecule has 0 amide bonds. The Hall–Kier alpha value is -7.16. The Labute approximate surface area is 463 Å². The summed E-state index contributed by atoms with van der Waals surface area (Å²) in [5, 5.41) is 3.97. The summed E-state index contributed by atoms with van der Waals surface area (Å²) in [6.07, 6.45) is 2.04. The van der Waals surface area contributed by atoms with Crippen LogP contribution in [0.5, 0.6) is 23.5 Å². The van der Waals surface area contributed by atoms with Crippen molar-refractivity contribution in [1.82, 2.24) is 47.6 Å². The van der Waals surface area contributed by atoms with E-state index in [0.717, 1.165) is 35.3 Å². The topological polar surface area (TPSA) is 193 Å². The van der Waals surface area contributed by atoms with Gasteiger partial charge in [-0.15, -0.1) is 12.4 Å². The third kappa shape index (κ3) is 16.0. The summed E-state index contributed by atoms with van der Waals surface area (Å²) in [4.78, 5) is 74.3. The fourth-order valence-electron chi connectivity index (χ4n) is 7.96. The van der Waals surface area contributed by atoms with Crippen LogP contribution in [0.25, 0.3) is 22.3 Å². The fourth-order valence-corrected chi connectivity index (χ4v) is 8.22. The van der Waals surface area contributed by atoms with Gasteiger partial charge in [-0.1, -0.05) is 93.0 Å². The Balaban J connectivity index is 0.000000309. The van der Waals surface area contributed by atoms with Gasteiger partial charge in [0.15, 0.2) is 22.3 Å². The number of imidazole rings is 2. The lowest BCUT2D eigenvalue weighted by Gasteiger charge is -2.13. The smallest absolute Gasteiger partial charge is 0.332 e. The zero-order chi connectivity index (χ0) is 54.2. The van der Waals surface area contributed by atoms with Gasteiger partial charge in [-0.05, 0) is 106 Å². The first-order chi connectivity index (χ1) is 36.1. The largest absolute Gasteiger partial charge is 0.490 e. The van der Waals surface area contributed by atoms with E-state index in [1.807, 2.05) is 84.5 Å².